The molecule has 0 spiro atoms. The van der Waals surface area contributed by atoms with Crippen LogP contribution in [0.5, 0.6) is 0 Å². The Morgan fingerprint density at radius 2 is 2.32 bits per heavy atom. The Bertz CT molecular complexity index is 435. The van der Waals surface area contributed by atoms with Gasteiger partial charge in [0.05, 0.1) is 12.2 Å². The molecule has 0 aliphatic heterocycles. The summed E-state index contributed by atoms with van der Waals surface area (Å²) < 4.78 is 1.64. The average molecular weight is 286 g/mol. The summed E-state index contributed by atoms with van der Waals surface area (Å²) in [7, 11) is 1.77. The molecule has 0 radical (unpaired) electrons. The smallest absolute Gasteiger partial charge is 0.326 e. The molecular weight excluding hydrogens is 268 g/mol. The van der Waals surface area contributed by atoms with E-state index in [9.17, 15) is 9.59 Å². The van der Waals surface area contributed by atoms with Crippen molar-refractivity contribution in [3.8, 4) is 0 Å². The fraction of sp³-hybridized carbons (Fsp3) is 0.545. The number of thioether (sulfide) groups is 1. The molecule has 0 saturated heterocycles. The van der Waals surface area contributed by atoms with Gasteiger partial charge in [-0.05, 0) is 24.5 Å². The number of hydrogen-bond donors (Lipinski definition) is 3. The standard InChI is InChI=1S/C11H18N4O3S/c1-15-8(3-5-13-15)7-12-11(18)14-9(10(16)17)4-6-19-2/h3,5,9H,4,6-7H2,1-2H3,(H,16,17)(H2,12,14,18)/t9-/m1/s1. The first-order chi connectivity index (χ1) is 9.04. The number of aliphatic carboxylic acids is 1. The Hall–Kier alpha value is -1.70. The molecule has 3 N–H and O–H groups in total. The van der Waals surface area contributed by atoms with Crippen LogP contribution in [0.25, 0.3) is 0 Å². The van der Waals surface area contributed by atoms with Crippen molar-refractivity contribution in [2.45, 2.75) is 19.0 Å². The van der Waals surface area contributed by atoms with Gasteiger partial charge in [0.15, 0.2) is 0 Å². The maximum atomic E-state index is 11.6. The van der Waals surface area contributed by atoms with Gasteiger partial charge in [-0.15, -0.1) is 0 Å². The van der Waals surface area contributed by atoms with Gasteiger partial charge in [-0.1, -0.05) is 0 Å². The minimum absolute atomic E-state index is 0.303. The van der Waals surface area contributed by atoms with Crippen LogP contribution in [0.4, 0.5) is 4.79 Å². The van der Waals surface area contributed by atoms with E-state index in [1.807, 2.05) is 6.26 Å². The van der Waals surface area contributed by atoms with Gasteiger partial charge in [0.25, 0.3) is 0 Å². The highest BCUT2D eigenvalue weighted by molar-refractivity contribution is 7.98. The van der Waals surface area contributed by atoms with Crippen LogP contribution in [0, 0.1) is 0 Å². The highest BCUT2D eigenvalue weighted by atomic mass is 32.2. The van der Waals surface area contributed by atoms with Crippen molar-refractivity contribution in [2.24, 2.45) is 7.05 Å². The lowest BCUT2D eigenvalue weighted by Crippen LogP contribution is -2.46. The molecule has 0 aliphatic rings. The lowest BCUT2D eigenvalue weighted by Gasteiger charge is -2.14. The summed E-state index contributed by atoms with van der Waals surface area (Å²) in [5.74, 6) is -0.344. The summed E-state index contributed by atoms with van der Waals surface area (Å²) in [6.07, 6.45) is 3.92. The Balaban J connectivity index is 2.40. The molecule has 0 aliphatic carbocycles. The molecule has 8 heteroatoms. The zero-order valence-corrected chi connectivity index (χ0v) is 11.7. The van der Waals surface area contributed by atoms with Crippen molar-refractivity contribution in [3.05, 3.63) is 18.0 Å². The lowest BCUT2D eigenvalue weighted by molar-refractivity contribution is -0.139. The maximum absolute atomic E-state index is 11.6. The van der Waals surface area contributed by atoms with Crippen molar-refractivity contribution >= 4 is 23.8 Å². The number of nitrogens with zero attached hydrogens (tertiary/aromatic N) is 2. The van der Waals surface area contributed by atoms with Crippen LogP contribution >= 0.6 is 11.8 Å². The zero-order chi connectivity index (χ0) is 14.3. The van der Waals surface area contributed by atoms with Gasteiger partial charge in [0.2, 0.25) is 0 Å². The van der Waals surface area contributed by atoms with Crippen LogP contribution in [0.1, 0.15) is 12.1 Å². The summed E-state index contributed by atoms with van der Waals surface area (Å²) in [6, 6.07) is 0.427. The molecule has 1 aromatic rings. The van der Waals surface area contributed by atoms with Gasteiger partial charge in [-0.25, -0.2) is 9.59 Å². The average Bonchev–Trinajstić information content (AvgIpc) is 2.77. The van der Waals surface area contributed by atoms with E-state index in [1.165, 1.54) is 0 Å². The molecule has 0 bridgehead atoms. The third kappa shape index (κ3) is 5.21. The number of urea groups is 1. The van der Waals surface area contributed by atoms with Gasteiger partial charge < -0.3 is 15.7 Å². The molecule has 7 nitrogen and oxygen atoms in total. The monoisotopic (exact) mass is 286 g/mol. The molecular formula is C11H18N4O3S. The topological polar surface area (TPSA) is 96.3 Å². The third-order valence-corrected chi connectivity index (χ3v) is 3.21. The molecule has 1 atom stereocenters. The molecule has 1 aromatic heterocycles. The molecule has 0 unspecified atom stereocenters. The molecule has 0 aromatic carbocycles. The third-order valence-electron chi connectivity index (χ3n) is 2.57. The number of amides is 2. The second kappa shape index (κ2) is 7.67. The normalized spacial score (nSPS) is 11.9. The van der Waals surface area contributed by atoms with Crippen molar-refractivity contribution in [2.75, 3.05) is 12.0 Å². The van der Waals surface area contributed by atoms with Crippen LogP contribution in [0.2, 0.25) is 0 Å². The van der Waals surface area contributed by atoms with E-state index in [0.29, 0.717) is 18.7 Å². The summed E-state index contributed by atoms with van der Waals surface area (Å²) >= 11 is 1.54. The van der Waals surface area contributed by atoms with E-state index in [4.69, 9.17) is 5.11 Å². The largest absolute Gasteiger partial charge is 0.480 e. The molecule has 0 saturated carbocycles. The number of carbonyl (C=O) groups excluding carboxylic acids is 1. The number of aromatic nitrogens is 2. The van der Waals surface area contributed by atoms with E-state index in [1.54, 1.807) is 35.8 Å². The van der Waals surface area contributed by atoms with Gasteiger partial charge in [0, 0.05) is 13.2 Å². The van der Waals surface area contributed by atoms with Crippen LogP contribution < -0.4 is 10.6 Å². The van der Waals surface area contributed by atoms with Crippen molar-refractivity contribution < 1.29 is 14.7 Å². The molecule has 19 heavy (non-hydrogen) atoms. The van der Waals surface area contributed by atoms with Gasteiger partial charge >= 0.3 is 12.0 Å². The molecule has 2 amide bonds. The second-order valence-electron chi connectivity index (χ2n) is 3.95. The minimum atomic E-state index is -1.02. The number of rotatable bonds is 7. The Kier molecular flexibility index (Phi) is 6.20. The summed E-state index contributed by atoms with van der Waals surface area (Å²) in [5.41, 5.74) is 0.839. The Morgan fingerprint density at radius 3 is 2.84 bits per heavy atom. The van der Waals surface area contributed by atoms with Crippen LogP contribution in [-0.2, 0) is 18.4 Å². The fourth-order valence-corrected chi connectivity index (χ4v) is 1.92. The lowest BCUT2D eigenvalue weighted by atomic mass is 10.2. The summed E-state index contributed by atoms with van der Waals surface area (Å²) in [5, 5.41) is 18.0. The number of carboxylic acids is 1. The van der Waals surface area contributed by atoms with E-state index in [0.717, 1.165) is 5.69 Å². The first kappa shape index (κ1) is 15.4. The highest BCUT2D eigenvalue weighted by Crippen LogP contribution is 2.01. The number of hydrogen-bond acceptors (Lipinski definition) is 4. The zero-order valence-electron chi connectivity index (χ0n) is 10.9. The van der Waals surface area contributed by atoms with E-state index in [2.05, 4.69) is 15.7 Å². The first-order valence-electron chi connectivity index (χ1n) is 5.77. The van der Waals surface area contributed by atoms with Crippen molar-refractivity contribution in [1.29, 1.82) is 0 Å². The molecule has 106 valence electrons. The van der Waals surface area contributed by atoms with Gasteiger partial charge in [-0.3, -0.25) is 4.68 Å². The molecule has 1 rings (SSSR count). The predicted molar refractivity (Wildman–Crippen MR) is 73.0 cm³/mol. The highest BCUT2D eigenvalue weighted by Gasteiger charge is 2.19. The maximum Gasteiger partial charge on any atom is 0.326 e. The Morgan fingerprint density at radius 1 is 1.58 bits per heavy atom. The second-order valence-corrected chi connectivity index (χ2v) is 4.93. The summed E-state index contributed by atoms with van der Waals surface area (Å²) in [4.78, 5) is 22.6. The summed E-state index contributed by atoms with van der Waals surface area (Å²) in [6.45, 7) is 0.303. The van der Waals surface area contributed by atoms with Crippen LogP contribution in [0.15, 0.2) is 12.3 Å². The van der Waals surface area contributed by atoms with E-state index in [-0.39, 0.29) is 0 Å². The molecule has 1 heterocycles. The fourth-order valence-electron chi connectivity index (χ4n) is 1.45. The van der Waals surface area contributed by atoms with E-state index >= 15 is 0 Å². The van der Waals surface area contributed by atoms with Gasteiger partial charge in [0.1, 0.15) is 6.04 Å². The Labute approximate surface area is 115 Å². The first-order valence-corrected chi connectivity index (χ1v) is 7.17. The van der Waals surface area contributed by atoms with Crippen LogP contribution in [0.3, 0.4) is 0 Å². The SMILES string of the molecule is CSCC[C@@H](NC(=O)NCc1ccnn1C)C(=O)O. The van der Waals surface area contributed by atoms with Crippen LogP contribution in [-0.4, -0.2) is 44.9 Å². The van der Waals surface area contributed by atoms with Crippen molar-refractivity contribution in [3.63, 3.8) is 0 Å². The molecule has 0 fully saturated rings. The predicted octanol–water partition coefficient (Wildman–Crippen LogP) is 0.426. The quantitative estimate of drug-likeness (QED) is 0.675. The number of nitrogens with one attached hydrogen (secondary N) is 2. The number of aryl methyl sites for hydroxylation is 1. The number of carbonyl (C=O) groups is 2. The number of carboxylic acid groups (broad SMARTS) is 1. The minimum Gasteiger partial charge on any atom is -0.480 e. The van der Waals surface area contributed by atoms with E-state index < -0.39 is 18.0 Å². The van der Waals surface area contributed by atoms with Crippen molar-refractivity contribution in [1.82, 2.24) is 20.4 Å². The van der Waals surface area contributed by atoms with Gasteiger partial charge in [-0.2, -0.15) is 16.9 Å².